The standard InChI is InChI=1S/C8H7N3O/c9-8-5-11(12)7-4-2-1-3-6(7)10-8/h1-5H,(H2,9,10). The molecule has 0 aliphatic carbocycles. The van der Waals surface area contributed by atoms with Crippen LogP contribution in [0.25, 0.3) is 11.0 Å². The van der Waals surface area contributed by atoms with Crippen LogP contribution >= 0.6 is 0 Å². The first kappa shape index (κ1) is 6.84. The maximum Gasteiger partial charge on any atom is 0.242 e. The Morgan fingerprint density at radius 3 is 2.92 bits per heavy atom. The summed E-state index contributed by atoms with van der Waals surface area (Å²) in [5, 5.41) is 11.2. The average Bonchev–Trinajstić information content (AvgIpc) is 2.04. The highest BCUT2D eigenvalue weighted by Gasteiger charge is 2.03. The number of nitrogen functional groups attached to an aromatic ring is 1. The van der Waals surface area contributed by atoms with Gasteiger partial charge in [-0.1, -0.05) is 12.1 Å². The Kier molecular flexibility index (Phi) is 1.33. The van der Waals surface area contributed by atoms with Crippen LogP contribution in [0.3, 0.4) is 0 Å². The SMILES string of the molecule is Nc1c[n+]([O-])c2ccccc2n1. The molecule has 0 aliphatic heterocycles. The molecule has 4 nitrogen and oxygen atoms in total. The molecule has 4 heteroatoms. The first-order valence-electron chi connectivity index (χ1n) is 3.52. The Balaban J connectivity index is 2.89. The molecule has 1 aromatic heterocycles. The van der Waals surface area contributed by atoms with Crippen molar-refractivity contribution < 1.29 is 4.73 Å². The summed E-state index contributed by atoms with van der Waals surface area (Å²) < 4.78 is 0.720. The third-order valence-corrected chi connectivity index (χ3v) is 1.62. The second-order valence-corrected chi connectivity index (χ2v) is 2.48. The molecule has 2 N–H and O–H groups in total. The second kappa shape index (κ2) is 2.34. The minimum absolute atomic E-state index is 0.240. The fourth-order valence-electron chi connectivity index (χ4n) is 1.10. The van der Waals surface area contributed by atoms with Crippen molar-refractivity contribution in [3.05, 3.63) is 35.7 Å². The normalized spacial score (nSPS) is 10.3. The minimum atomic E-state index is 0.240. The number of nitrogens with zero attached hydrogens (tertiary/aromatic N) is 2. The molecular weight excluding hydrogens is 154 g/mol. The topological polar surface area (TPSA) is 65.8 Å². The van der Waals surface area contributed by atoms with E-state index in [1.807, 2.05) is 6.07 Å². The summed E-state index contributed by atoms with van der Waals surface area (Å²) >= 11 is 0. The van der Waals surface area contributed by atoms with Crippen LogP contribution in [0.2, 0.25) is 0 Å². The molecule has 2 aromatic rings. The molecular formula is C8H7N3O. The van der Waals surface area contributed by atoms with Crippen molar-refractivity contribution in [3.8, 4) is 0 Å². The zero-order chi connectivity index (χ0) is 8.55. The molecule has 1 aromatic carbocycles. The zero-order valence-electron chi connectivity index (χ0n) is 6.27. The highest BCUT2D eigenvalue weighted by atomic mass is 16.5. The number of nitrogens with two attached hydrogens (primary N) is 1. The van der Waals surface area contributed by atoms with Crippen molar-refractivity contribution >= 4 is 16.9 Å². The predicted octanol–water partition coefficient (Wildman–Crippen LogP) is 0.450. The van der Waals surface area contributed by atoms with Crippen LogP contribution in [-0.2, 0) is 0 Å². The molecule has 0 radical (unpaired) electrons. The van der Waals surface area contributed by atoms with Gasteiger partial charge in [-0.05, 0) is 6.07 Å². The van der Waals surface area contributed by atoms with Gasteiger partial charge in [-0.25, -0.2) is 4.98 Å². The van der Waals surface area contributed by atoms with Crippen LogP contribution in [0.5, 0.6) is 0 Å². The Bertz CT molecular complexity index is 428. The Hall–Kier alpha value is -1.84. The highest BCUT2D eigenvalue weighted by molar-refractivity contribution is 5.71. The van der Waals surface area contributed by atoms with Gasteiger partial charge in [0.15, 0.2) is 5.82 Å². The first-order valence-corrected chi connectivity index (χ1v) is 3.52. The summed E-state index contributed by atoms with van der Waals surface area (Å²) in [5.74, 6) is 0.240. The Morgan fingerprint density at radius 2 is 2.08 bits per heavy atom. The van der Waals surface area contributed by atoms with Crippen LogP contribution in [0, 0.1) is 5.21 Å². The third kappa shape index (κ3) is 0.934. The zero-order valence-corrected chi connectivity index (χ0v) is 6.27. The monoisotopic (exact) mass is 161 g/mol. The number of aromatic nitrogens is 2. The Morgan fingerprint density at radius 1 is 1.33 bits per heavy atom. The number of anilines is 1. The van der Waals surface area contributed by atoms with Crippen molar-refractivity contribution in [1.82, 2.24) is 4.98 Å². The molecule has 0 aliphatic rings. The van der Waals surface area contributed by atoms with Crippen molar-refractivity contribution in [3.63, 3.8) is 0 Å². The van der Waals surface area contributed by atoms with Gasteiger partial charge in [0.2, 0.25) is 11.7 Å². The molecule has 0 saturated heterocycles. The van der Waals surface area contributed by atoms with Gasteiger partial charge in [-0.15, -0.1) is 0 Å². The molecule has 0 bridgehead atoms. The van der Waals surface area contributed by atoms with E-state index in [9.17, 15) is 5.21 Å². The number of hydrogen-bond donors (Lipinski definition) is 1. The summed E-state index contributed by atoms with van der Waals surface area (Å²) in [7, 11) is 0. The molecule has 12 heavy (non-hydrogen) atoms. The number of fused-ring (bicyclic) bond motifs is 1. The number of benzene rings is 1. The van der Waals surface area contributed by atoms with E-state index in [0.29, 0.717) is 11.0 Å². The van der Waals surface area contributed by atoms with E-state index >= 15 is 0 Å². The van der Waals surface area contributed by atoms with E-state index in [1.165, 1.54) is 6.20 Å². The van der Waals surface area contributed by atoms with E-state index in [1.54, 1.807) is 18.2 Å². The number of hydrogen-bond acceptors (Lipinski definition) is 3. The van der Waals surface area contributed by atoms with Gasteiger partial charge in [0.25, 0.3) is 0 Å². The first-order chi connectivity index (χ1) is 5.77. The second-order valence-electron chi connectivity index (χ2n) is 2.48. The van der Waals surface area contributed by atoms with E-state index in [0.717, 1.165) is 4.73 Å². The van der Waals surface area contributed by atoms with Crippen LogP contribution in [-0.4, -0.2) is 4.98 Å². The average molecular weight is 161 g/mol. The van der Waals surface area contributed by atoms with Crippen LogP contribution < -0.4 is 10.5 Å². The van der Waals surface area contributed by atoms with Gasteiger partial charge >= 0.3 is 0 Å². The predicted molar refractivity (Wildman–Crippen MR) is 45.1 cm³/mol. The maximum absolute atomic E-state index is 11.2. The van der Waals surface area contributed by atoms with Gasteiger partial charge in [0, 0.05) is 6.07 Å². The lowest BCUT2D eigenvalue weighted by atomic mass is 10.3. The highest BCUT2D eigenvalue weighted by Crippen LogP contribution is 2.06. The maximum atomic E-state index is 11.2. The smallest absolute Gasteiger partial charge is 0.242 e. The Labute approximate surface area is 68.9 Å². The molecule has 0 spiro atoms. The van der Waals surface area contributed by atoms with E-state index in [4.69, 9.17) is 5.73 Å². The quantitative estimate of drug-likeness (QED) is 0.450. The summed E-state index contributed by atoms with van der Waals surface area (Å²) in [6, 6.07) is 7.05. The van der Waals surface area contributed by atoms with Crippen LogP contribution in [0.15, 0.2) is 30.5 Å². The molecule has 0 amide bonds. The van der Waals surface area contributed by atoms with Crippen molar-refractivity contribution in [2.75, 3.05) is 5.73 Å². The van der Waals surface area contributed by atoms with E-state index in [2.05, 4.69) is 4.98 Å². The minimum Gasteiger partial charge on any atom is -0.618 e. The summed E-state index contributed by atoms with van der Waals surface area (Å²) in [6.07, 6.45) is 1.25. The van der Waals surface area contributed by atoms with Crippen LogP contribution in [0.4, 0.5) is 5.82 Å². The molecule has 60 valence electrons. The molecule has 0 unspecified atom stereocenters. The molecule has 0 fully saturated rings. The summed E-state index contributed by atoms with van der Waals surface area (Å²) in [4.78, 5) is 3.99. The van der Waals surface area contributed by atoms with Gasteiger partial charge in [0.1, 0.15) is 5.52 Å². The molecule has 0 saturated carbocycles. The van der Waals surface area contributed by atoms with E-state index in [-0.39, 0.29) is 5.82 Å². The van der Waals surface area contributed by atoms with Gasteiger partial charge in [-0.3, -0.25) is 0 Å². The summed E-state index contributed by atoms with van der Waals surface area (Å²) in [6.45, 7) is 0. The van der Waals surface area contributed by atoms with Gasteiger partial charge < -0.3 is 10.9 Å². The van der Waals surface area contributed by atoms with Crippen LogP contribution in [0.1, 0.15) is 0 Å². The van der Waals surface area contributed by atoms with E-state index < -0.39 is 0 Å². The lowest BCUT2D eigenvalue weighted by Crippen LogP contribution is -2.27. The lowest BCUT2D eigenvalue weighted by molar-refractivity contribution is -0.576. The molecule has 0 atom stereocenters. The largest absolute Gasteiger partial charge is 0.618 e. The number of para-hydroxylation sites is 2. The third-order valence-electron chi connectivity index (χ3n) is 1.62. The summed E-state index contributed by atoms with van der Waals surface area (Å²) in [5.41, 5.74) is 6.54. The van der Waals surface area contributed by atoms with Gasteiger partial charge in [-0.2, -0.15) is 4.73 Å². The van der Waals surface area contributed by atoms with Gasteiger partial charge in [0.05, 0.1) is 0 Å². The molecule has 1 heterocycles. The molecule has 2 rings (SSSR count). The van der Waals surface area contributed by atoms with Crippen molar-refractivity contribution in [2.24, 2.45) is 0 Å². The number of rotatable bonds is 0. The lowest BCUT2D eigenvalue weighted by Gasteiger charge is -2.00. The van der Waals surface area contributed by atoms with Crippen molar-refractivity contribution in [2.45, 2.75) is 0 Å². The fourth-order valence-corrected chi connectivity index (χ4v) is 1.10. The fraction of sp³-hybridized carbons (Fsp3) is 0. The van der Waals surface area contributed by atoms with Crippen molar-refractivity contribution in [1.29, 1.82) is 0 Å².